The topological polar surface area (TPSA) is 147 Å². The number of ether oxygens (including phenoxy) is 3. The van der Waals surface area contributed by atoms with Crippen LogP contribution in [-0.4, -0.2) is 47.8 Å². The van der Waals surface area contributed by atoms with Gasteiger partial charge in [0.05, 0.1) is 40.6 Å². The average Bonchev–Trinajstić information content (AvgIpc) is 3.58. The molecular weight excluding hydrogens is 698 g/mol. The maximum Gasteiger partial charge on any atom is 0.343 e. The van der Waals surface area contributed by atoms with E-state index in [0.29, 0.717) is 39.5 Å². The van der Waals surface area contributed by atoms with Crippen LogP contribution in [0.15, 0.2) is 72.4 Å². The number of hydrogen-bond acceptors (Lipinski definition) is 11. The van der Waals surface area contributed by atoms with Gasteiger partial charge in [-0.05, 0) is 84.9 Å². The Kier molecular flexibility index (Phi) is 11.9. The number of nitrogens with one attached hydrogen (secondary N) is 3. The number of anilines is 1. The number of carbonyl (C=O) groups is 2. The van der Waals surface area contributed by atoms with Crippen LogP contribution in [0.3, 0.4) is 0 Å². The average molecular weight is 738 g/mol. The minimum Gasteiger partial charge on any atom is -0.493 e. The van der Waals surface area contributed by atoms with Crippen molar-refractivity contribution in [3.05, 3.63) is 99.5 Å². The van der Waals surface area contributed by atoms with Crippen LogP contribution in [0, 0.1) is 16.7 Å². The molecule has 3 N–H and O–H groups in total. The molecule has 12 heteroatoms. The third kappa shape index (κ3) is 8.66. The van der Waals surface area contributed by atoms with E-state index in [1.54, 1.807) is 36.4 Å². The molecule has 0 bridgehead atoms. The number of hydrogen-bond donors (Lipinski definition) is 3. The second-order valence-electron chi connectivity index (χ2n) is 12.8. The monoisotopic (exact) mass is 737 g/mol. The van der Waals surface area contributed by atoms with Gasteiger partial charge < -0.3 is 14.2 Å². The van der Waals surface area contributed by atoms with Crippen LogP contribution in [0.4, 0.5) is 5.13 Å². The third-order valence-electron chi connectivity index (χ3n) is 9.29. The van der Waals surface area contributed by atoms with Crippen molar-refractivity contribution in [3.63, 3.8) is 0 Å². The van der Waals surface area contributed by atoms with Crippen molar-refractivity contribution in [1.82, 2.24) is 4.98 Å². The van der Waals surface area contributed by atoms with Gasteiger partial charge in [-0.15, -0.1) is 0 Å². The van der Waals surface area contributed by atoms with Gasteiger partial charge in [-0.25, -0.2) is 14.6 Å². The number of esters is 2. The molecule has 268 valence electrons. The molecule has 2 aliphatic rings. The summed E-state index contributed by atoms with van der Waals surface area (Å²) in [6.45, 7) is 6.04. The predicted octanol–water partition coefficient (Wildman–Crippen LogP) is 9.60. The first-order valence-corrected chi connectivity index (χ1v) is 18.6. The quantitative estimate of drug-likeness (QED) is 0.0292. The van der Waals surface area contributed by atoms with Gasteiger partial charge in [0, 0.05) is 23.4 Å². The van der Waals surface area contributed by atoms with E-state index < -0.39 is 11.9 Å². The highest BCUT2D eigenvalue weighted by Crippen LogP contribution is 2.40. The molecule has 0 saturated heterocycles. The van der Waals surface area contributed by atoms with Gasteiger partial charge in [0.25, 0.3) is 0 Å². The summed E-state index contributed by atoms with van der Waals surface area (Å²) in [4.78, 5) is 30.0. The molecule has 1 heterocycles. The van der Waals surface area contributed by atoms with Crippen LogP contribution in [0.5, 0.6) is 11.5 Å². The first-order chi connectivity index (χ1) is 25.2. The van der Waals surface area contributed by atoms with E-state index in [2.05, 4.69) is 41.1 Å². The molecule has 1 saturated carbocycles. The summed E-state index contributed by atoms with van der Waals surface area (Å²) in [6, 6.07) is 14.9. The Morgan fingerprint density at radius 3 is 2.65 bits per heavy atom. The molecule has 0 spiro atoms. The Morgan fingerprint density at radius 1 is 1.06 bits per heavy atom. The summed E-state index contributed by atoms with van der Waals surface area (Å²) in [5.74, 6) is 0.986. The summed E-state index contributed by atoms with van der Waals surface area (Å²) in [7, 11) is 0. The largest absolute Gasteiger partial charge is 0.493 e. The summed E-state index contributed by atoms with van der Waals surface area (Å²) in [5.41, 5.74) is 5.48. The van der Waals surface area contributed by atoms with Crippen LogP contribution < -0.4 is 14.9 Å². The summed E-state index contributed by atoms with van der Waals surface area (Å²) >= 11 is 8.12. The lowest BCUT2D eigenvalue weighted by molar-refractivity contribution is -0.137. The minimum absolute atomic E-state index is 0.0441. The van der Waals surface area contributed by atoms with Gasteiger partial charge >= 0.3 is 11.9 Å². The standard InChI is InChI=1S/C40H40ClN5O5S/c1-3-6-24-7-9-25(10-8-24)26-11-14-30-27(21-26)12-17-33(36(30)41)51-39(48)28-13-16-32(49-19-5-20-50-35(47)4-2)29(22-28)23-44-46-40-45-38-34(52-40)18-15-31(42)37(38)43/h4,11-18,21-25,42-43H,2-3,5-10,19-20H2,1H3,(H,45,46)/b42-31?,43-37?,44-23+. The molecule has 4 aromatic rings. The molecule has 1 aromatic heterocycles. The van der Waals surface area contributed by atoms with Crippen molar-refractivity contribution in [2.75, 3.05) is 18.6 Å². The second kappa shape index (κ2) is 16.9. The summed E-state index contributed by atoms with van der Waals surface area (Å²) in [6.07, 6.45) is 13.9. The van der Waals surface area contributed by atoms with Gasteiger partial charge in [-0.1, -0.05) is 73.5 Å². The van der Waals surface area contributed by atoms with E-state index in [-0.39, 0.29) is 36.0 Å². The van der Waals surface area contributed by atoms with Crippen LogP contribution in [0.25, 0.3) is 16.8 Å². The predicted molar refractivity (Wildman–Crippen MR) is 208 cm³/mol. The number of fused-ring (bicyclic) bond motifs is 2. The zero-order chi connectivity index (χ0) is 36.6. The fraction of sp³-hybridized carbons (Fsp3) is 0.300. The van der Waals surface area contributed by atoms with Crippen molar-refractivity contribution in [2.24, 2.45) is 11.0 Å². The number of nitrogens with zero attached hydrogens (tertiary/aromatic N) is 2. The molecule has 6 rings (SSSR count). The number of benzene rings is 3. The van der Waals surface area contributed by atoms with Crippen LogP contribution >= 0.6 is 22.9 Å². The smallest absolute Gasteiger partial charge is 0.343 e. The van der Waals surface area contributed by atoms with Crippen LogP contribution in [0.2, 0.25) is 5.02 Å². The van der Waals surface area contributed by atoms with Gasteiger partial charge in [0.15, 0.2) is 0 Å². The number of halogens is 1. The fourth-order valence-electron chi connectivity index (χ4n) is 6.55. The maximum absolute atomic E-state index is 13.5. The molecule has 0 unspecified atom stereocenters. The zero-order valence-corrected chi connectivity index (χ0v) is 30.4. The van der Waals surface area contributed by atoms with Gasteiger partial charge in [0.1, 0.15) is 22.9 Å². The van der Waals surface area contributed by atoms with E-state index in [0.717, 1.165) is 27.6 Å². The molecule has 0 aliphatic heterocycles. The Balaban J connectivity index is 1.17. The minimum atomic E-state index is -0.604. The first-order valence-electron chi connectivity index (χ1n) is 17.4. The Labute approximate surface area is 311 Å². The SMILES string of the molecule is C=CC(=O)OCCCOc1ccc(C(=O)Oc2ccc3cc(C4CCC(CCC)CC4)ccc3c2Cl)cc1/C=N/Nc1nc2c(s1)C=CC(=N)C2=N. The van der Waals surface area contributed by atoms with E-state index in [4.69, 9.17) is 36.6 Å². The van der Waals surface area contributed by atoms with Crippen molar-refractivity contribution in [1.29, 1.82) is 10.8 Å². The van der Waals surface area contributed by atoms with Crippen LogP contribution in [-0.2, 0) is 9.53 Å². The number of carbonyl (C=O) groups excluding carboxylic acids is 2. The maximum atomic E-state index is 13.5. The van der Waals surface area contributed by atoms with E-state index in [9.17, 15) is 9.59 Å². The number of thiazole rings is 1. The lowest BCUT2D eigenvalue weighted by atomic mass is 9.77. The molecule has 0 radical (unpaired) electrons. The number of rotatable bonds is 14. The molecular formula is C40H40ClN5O5S. The Bertz CT molecular complexity index is 2080. The molecule has 1 fully saturated rings. The summed E-state index contributed by atoms with van der Waals surface area (Å²) in [5, 5.41) is 22.9. The Hall–Kier alpha value is -5.13. The van der Waals surface area contributed by atoms with Gasteiger partial charge in [0.2, 0.25) is 5.13 Å². The highest BCUT2D eigenvalue weighted by atomic mass is 35.5. The molecule has 2 aliphatic carbocycles. The molecule has 3 aromatic carbocycles. The van der Waals surface area contributed by atoms with Crippen molar-refractivity contribution >= 4 is 74.5 Å². The highest BCUT2D eigenvalue weighted by Gasteiger charge is 2.23. The lowest BCUT2D eigenvalue weighted by Gasteiger charge is -2.28. The van der Waals surface area contributed by atoms with Crippen molar-refractivity contribution < 1.29 is 23.8 Å². The zero-order valence-electron chi connectivity index (χ0n) is 28.9. The number of hydrazone groups is 1. The summed E-state index contributed by atoms with van der Waals surface area (Å²) < 4.78 is 16.8. The van der Waals surface area contributed by atoms with Gasteiger partial charge in [-0.3, -0.25) is 16.2 Å². The normalized spacial score (nSPS) is 16.9. The highest BCUT2D eigenvalue weighted by molar-refractivity contribution is 7.17. The van der Waals surface area contributed by atoms with E-state index >= 15 is 0 Å². The molecule has 0 atom stereocenters. The molecule has 0 amide bonds. The van der Waals surface area contributed by atoms with Crippen molar-refractivity contribution in [2.45, 2.75) is 57.8 Å². The first kappa shape index (κ1) is 36.7. The number of allylic oxidation sites excluding steroid dienone is 1. The van der Waals surface area contributed by atoms with Gasteiger partial charge in [-0.2, -0.15) is 5.10 Å². The van der Waals surface area contributed by atoms with Crippen molar-refractivity contribution in [3.8, 4) is 11.5 Å². The molecule has 10 nitrogen and oxygen atoms in total. The van der Waals surface area contributed by atoms with E-state index in [1.807, 2.05) is 12.1 Å². The third-order valence-corrected chi connectivity index (χ3v) is 10.6. The number of aromatic nitrogens is 1. The second-order valence-corrected chi connectivity index (χ2v) is 14.2. The van der Waals surface area contributed by atoms with Crippen LogP contribution in [0.1, 0.15) is 89.8 Å². The Morgan fingerprint density at radius 2 is 1.87 bits per heavy atom. The lowest BCUT2D eigenvalue weighted by Crippen LogP contribution is -2.15. The fourth-order valence-corrected chi connectivity index (χ4v) is 7.65. The molecule has 52 heavy (non-hydrogen) atoms. The van der Waals surface area contributed by atoms with E-state index in [1.165, 1.54) is 61.6 Å².